The molecule has 3 nitrogen and oxygen atoms in total. The number of carbonyl (C=O) groups is 1. The molecule has 4 heteroatoms. The van der Waals surface area contributed by atoms with Gasteiger partial charge in [0.25, 0.3) is 5.91 Å². The highest BCUT2D eigenvalue weighted by molar-refractivity contribution is 5.94. The number of hydrogen-bond donors (Lipinski definition) is 2. The van der Waals surface area contributed by atoms with Crippen LogP contribution in [0, 0.1) is 5.82 Å². The van der Waals surface area contributed by atoms with Crippen molar-refractivity contribution in [3.8, 4) is 0 Å². The SMILES string of the molecule is CCNC(=O)c1ccc(NC2CC2)c(F)c1. The van der Waals surface area contributed by atoms with Gasteiger partial charge in [-0.2, -0.15) is 0 Å². The number of amides is 1. The summed E-state index contributed by atoms with van der Waals surface area (Å²) >= 11 is 0. The zero-order valence-electron chi connectivity index (χ0n) is 9.22. The third-order valence-electron chi connectivity index (χ3n) is 2.51. The van der Waals surface area contributed by atoms with Gasteiger partial charge in [-0.3, -0.25) is 4.79 Å². The molecule has 0 saturated heterocycles. The van der Waals surface area contributed by atoms with E-state index in [1.165, 1.54) is 6.07 Å². The van der Waals surface area contributed by atoms with E-state index in [0.717, 1.165) is 12.8 Å². The molecule has 1 fully saturated rings. The Morgan fingerprint density at radius 1 is 1.50 bits per heavy atom. The molecule has 0 aliphatic heterocycles. The molecule has 1 amide bonds. The molecule has 2 N–H and O–H groups in total. The molecule has 2 rings (SSSR count). The van der Waals surface area contributed by atoms with Gasteiger partial charge in [-0.25, -0.2) is 4.39 Å². The first-order valence-electron chi connectivity index (χ1n) is 5.55. The molecule has 0 bridgehead atoms. The molecule has 0 spiro atoms. The minimum Gasteiger partial charge on any atom is -0.380 e. The lowest BCUT2D eigenvalue weighted by Gasteiger charge is -2.07. The van der Waals surface area contributed by atoms with E-state index in [1.54, 1.807) is 12.1 Å². The first-order chi connectivity index (χ1) is 7.70. The molecule has 1 aliphatic rings. The van der Waals surface area contributed by atoms with Gasteiger partial charge in [-0.05, 0) is 38.0 Å². The number of hydrogen-bond acceptors (Lipinski definition) is 2. The molecule has 0 atom stereocenters. The van der Waals surface area contributed by atoms with E-state index in [-0.39, 0.29) is 11.7 Å². The van der Waals surface area contributed by atoms with Crippen molar-refractivity contribution in [3.05, 3.63) is 29.6 Å². The summed E-state index contributed by atoms with van der Waals surface area (Å²) in [6, 6.07) is 4.94. The van der Waals surface area contributed by atoms with Crippen LogP contribution >= 0.6 is 0 Å². The van der Waals surface area contributed by atoms with Gasteiger partial charge in [0, 0.05) is 18.2 Å². The maximum Gasteiger partial charge on any atom is 0.251 e. The third-order valence-corrected chi connectivity index (χ3v) is 2.51. The summed E-state index contributed by atoms with van der Waals surface area (Å²) < 4.78 is 13.6. The van der Waals surface area contributed by atoms with E-state index in [9.17, 15) is 9.18 Å². The highest BCUT2D eigenvalue weighted by Crippen LogP contribution is 2.26. The van der Waals surface area contributed by atoms with Crippen molar-refractivity contribution in [3.63, 3.8) is 0 Å². The molecule has 0 unspecified atom stereocenters. The standard InChI is InChI=1S/C12H15FN2O/c1-2-14-12(16)8-3-6-11(10(13)7-8)15-9-4-5-9/h3,6-7,9,15H,2,4-5H2,1H3,(H,14,16). The summed E-state index contributed by atoms with van der Waals surface area (Å²) in [5, 5.41) is 5.71. The Hall–Kier alpha value is -1.58. The van der Waals surface area contributed by atoms with Crippen LogP contribution in [0.15, 0.2) is 18.2 Å². The summed E-state index contributed by atoms with van der Waals surface area (Å²) in [5.74, 6) is -0.602. The summed E-state index contributed by atoms with van der Waals surface area (Å²) in [6.07, 6.45) is 2.19. The first kappa shape index (κ1) is 10.9. The number of halogens is 1. The Morgan fingerprint density at radius 2 is 2.25 bits per heavy atom. The predicted molar refractivity (Wildman–Crippen MR) is 61.1 cm³/mol. The lowest BCUT2D eigenvalue weighted by molar-refractivity contribution is 0.0955. The molecule has 86 valence electrons. The van der Waals surface area contributed by atoms with Crippen LogP contribution in [0.3, 0.4) is 0 Å². The number of nitrogens with one attached hydrogen (secondary N) is 2. The second kappa shape index (κ2) is 4.51. The van der Waals surface area contributed by atoms with Gasteiger partial charge in [-0.15, -0.1) is 0 Å². The van der Waals surface area contributed by atoms with Gasteiger partial charge in [0.2, 0.25) is 0 Å². The molecule has 1 aromatic rings. The van der Waals surface area contributed by atoms with Crippen molar-refractivity contribution < 1.29 is 9.18 Å². The fourth-order valence-corrected chi connectivity index (χ4v) is 1.48. The maximum absolute atomic E-state index is 13.6. The lowest BCUT2D eigenvalue weighted by Crippen LogP contribution is -2.22. The van der Waals surface area contributed by atoms with Crippen molar-refractivity contribution in [1.29, 1.82) is 0 Å². The van der Waals surface area contributed by atoms with Crippen LogP contribution in [-0.2, 0) is 0 Å². The van der Waals surface area contributed by atoms with Crippen LogP contribution in [0.25, 0.3) is 0 Å². The van der Waals surface area contributed by atoms with Crippen molar-refractivity contribution in [2.45, 2.75) is 25.8 Å². The summed E-state index contributed by atoms with van der Waals surface area (Å²) in [7, 11) is 0. The molecule has 1 saturated carbocycles. The van der Waals surface area contributed by atoms with Gasteiger partial charge in [0.1, 0.15) is 5.82 Å². The van der Waals surface area contributed by atoms with Crippen molar-refractivity contribution in [2.75, 3.05) is 11.9 Å². The first-order valence-corrected chi connectivity index (χ1v) is 5.55. The Bertz CT molecular complexity index is 402. The molecule has 16 heavy (non-hydrogen) atoms. The molecule has 1 aliphatic carbocycles. The Balaban J connectivity index is 2.11. The van der Waals surface area contributed by atoms with E-state index in [4.69, 9.17) is 0 Å². The minimum absolute atomic E-state index is 0.237. The Kier molecular flexibility index (Phi) is 3.08. The average Bonchev–Trinajstić information content (AvgIpc) is 3.05. The van der Waals surface area contributed by atoms with Crippen LogP contribution in [0.1, 0.15) is 30.1 Å². The second-order valence-electron chi connectivity index (χ2n) is 3.97. The molecular formula is C12H15FN2O. The van der Waals surface area contributed by atoms with E-state index in [2.05, 4.69) is 10.6 Å². The third kappa shape index (κ3) is 2.51. The topological polar surface area (TPSA) is 41.1 Å². The molecule has 0 radical (unpaired) electrons. The van der Waals surface area contributed by atoms with E-state index in [0.29, 0.717) is 23.8 Å². The van der Waals surface area contributed by atoms with Gasteiger partial charge in [0.05, 0.1) is 5.69 Å². The summed E-state index contributed by atoms with van der Waals surface area (Å²) in [6.45, 7) is 2.37. The minimum atomic E-state index is -0.365. The number of carbonyl (C=O) groups excluding carboxylic acids is 1. The van der Waals surface area contributed by atoms with Gasteiger partial charge < -0.3 is 10.6 Å². The fraction of sp³-hybridized carbons (Fsp3) is 0.417. The average molecular weight is 222 g/mol. The fourth-order valence-electron chi connectivity index (χ4n) is 1.48. The number of rotatable bonds is 4. The van der Waals surface area contributed by atoms with Crippen molar-refractivity contribution >= 4 is 11.6 Å². The highest BCUT2D eigenvalue weighted by Gasteiger charge is 2.22. The highest BCUT2D eigenvalue weighted by atomic mass is 19.1. The maximum atomic E-state index is 13.6. The lowest BCUT2D eigenvalue weighted by atomic mass is 10.2. The van der Waals surface area contributed by atoms with Crippen molar-refractivity contribution in [1.82, 2.24) is 5.32 Å². The smallest absolute Gasteiger partial charge is 0.251 e. The quantitative estimate of drug-likeness (QED) is 0.819. The molecule has 1 aromatic carbocycles. The van der Waals surface area contributed by atoms with Gasteiger partial charge in [0.15, 0.2) is 0 Å². The zero-order chi connectivity index (χ0) is 11.5. The van der Waals surface area contributed by atoms with E-state index < -0.39 is 0 Å². The number of anilines is 1. The van der Waals surface area contributed by atoms with Gasteiger partial charge in [-0.1, -0.05) is 0 Å². The van der Waals surface area contributed by atoms with Gasteiger partial charge >= 0.3 is 0 Å². The normalized spacial score (nSPS) is 14.6. The number of benzene rings is 1. The zero-order valence-corrected chi connectivity index (χ0v) is 9.22. The molecule has 0 heterocycles. The van der Waals surface area contributed by atoms with E-state index >= 15 is 0 Å². The van der Waals surface area contributed by atoms with Crippen LogP contribution < -0.4 is 10.6 Å². The second-order valence-corrected chi connectivity index (χ2v) is 3.97. The molecular weight excluding hydrogens is 207 g/mol. The Morgan fingerprint density at radius 3 is 2.81 bits per heavy atom. The van der Waals surface area contributed by atoms with E-state index in [1.807, 2.05) is 6.92 Å². The summed E-state index contributed by atoms with van der Waals surface area (Å²) in [4.78, 5) is 11.4. The van der Waals surface area contributed by atoms with Crippen LogP contribution in [0.2, 0.25) is 0 Å². The summed E-state index contributed by atoms with van der Waals surface area (Å²) in [5.41, 5.74) is 0.844. The van der Waals surface area contributed by atoms with Crippen molar-refractivity contribution in [2.24, 2.45) is 0 Å². The monoisotopic (exact) mass is 222 g/mol. The van der Waals surface area contributed by atoms with Crippen LogP contribution in [0.4, 0.5) is 10.1 Å². The largest absolute Gasteiger partial charge is 0.380 e. The van der Waals surface area contributed by atoms with Crippen LogP contribution in [0.5, 0.6) is 0 Å². The van der Waals surface area contributed by atoms with Crippen LogP contribution in [-0.4, -0.2) is 18.5 Å². The Labute approximate surface area is 94.0 Å². The molecule has 0 aromatic heterocycles. The predicted octanol–water partition coefficient (Wildman–Crippen LogP) is 2.15.